The van der Waals surface area contributed by atoms with Gasteiger partial charge in [0, 0.05) is 18.3 Å². The molecule has 0 aromatic heterocycles. The number of piperidine rings is 1. The topological polar surface area (TPSA) is 23.5 Å². The van der Waals surface area contributed by atoms with Gasteiger partial charge in [-0.25, -0.2) is 0 Å². The van der Waals surface area contributed by atoms with E-state index < -0.39 is 0 Å². The highest BCUT2D eigenvalue weighted by Crippen LogP contribution is 2.33. The molecule has 1 aromatic carbocycles. The van der Waals surface area contributed by atoms with Gasteiger partial charge < -0.3 is 10.0 Å². The maximum absolute atomic E-state index is 9.19. The Morgan fingerprint density at radius 1 is 1.28 bits per heavy atom. The molecule has 0 spiro atoms. The molecule has 18 heavy (non-hydrogen) atoms. The van der Waals surface area contributed by atoms with E-state index in [0.29, 0.717) is 6.04 Å². The largest absolute Gasteiger partial charge is 0.392 e. The summed E-state index contributed by atoms with van der Waals surface area (Å²) in [5.41, 5.74) is 3.61. The summed E-state index contributed by atoms with van der Waals surface area (Å²) in [6.07, 6.45) is 1.32. The zero-order valence-electron chi connectivity index (χ0n) is 12.0. The third kappa shape index (κ3) is 2.54. The minimum atomic E-state index is 0.128. The Morgan fingerprint density at radius 3 is 2.61 bits per heavy atom. The van der Waals surface area contributed by atoms with Crippen molar-refractivity contribution in [1.29, 1.82) is 0 Å². The Morgan fingerprint density at radius 2 is 2.00 bits per heavy atom. The molecule has 0 amide bonds. The molecule has 1 saturated heterocycles. The summed E-state index contributed by atoms with van der Waals surface area (Å²) in [5.74, 6) is 1.50. The summed E-state index contributed by atoms with van der Waals surface area (Å²) < 4.78 is 0. The van der Waals surface area contributed by atoms with Crippen LogP contribution in [0.2, 0.25) is 0 Å². The SMILES string of the molecule is Cc1cc(CO)ccc1N1CC(C)CC(C)C1C. The first-order valence-electron chi connectivity index (χ1n) is 7.00. The predicted molar refractivity (Wildman–Crippen MR) is 76.9 cm³/mol. The molecule has 1 fully saturated rings. The molecule has 0 aliphatic carbocycles. The van der Waals surface area contributed by atoms with E-state index in [1.807, 2.05) is 6.07 Å². The Balaban J connectivity index is 2.29. The van der Waals surface area contributed by atoms with Crippen molar-refractivity contribution in [2.45, 2.75) is 46.8 Å². The van der Waals surface area contributed by atoms with Crippen molar-refractivity contribution >= 4 is 5.69 Å². The van der Waals surface area contributed by atoms with E-state index in [1.54, 1.807) is 0 Å². The van der Waals surface area contributed by atoms with Crippen LogP contribution in [0.4, 0.5) is 5.69 Å². The van der Waals surface area contributed by atoms with E-state index in [4.69, 9.17) is 0 Å². The van der Waals surface area contributed by atoms with Gasteiger partial charge in [-0.1, -0.05) is 26.0 Å². The monoisotopic (exact) mass is 247 g/mol. The quantitative estimate of drug-likeness (QED) is 0.866. The molecule has 3 atom stereocenters. The summed E-state index contributed by atoms with van der Waals surface area (Å²) in [4.78, 5) is 2.54. The molecule has 2 heteroatoms. The van der Waals surface area contributed by atoms with Crippen LogP contribution in [-0.2, 0) is 6.61 Å². The first-order valence-corrected chi connectivity index (χ1v) is 7.00. The average Bonchev–Trinajstić information content (AvgIpc) is 2.34. The van der Waals surface area contributed by atoms with Crippen molar-refractivity contribution in [3.63, 3.8) is 0 Å². The highest BCUT2D eigenvalue weighted by molar-refractivity contribution is 5.55. The Hall–Kier alpha value is -1.02. The van der Waals surface area contributed by atoms with Crippen molar-refractivity contribution < 1.29 is 5.11 Å². The Bertz CT molecular complexity index is 416. The van der Waals surface area contributed by atoms with Gasteiger partial charge in [0.25, 0.3) is 0 Å². The van der Waals surface area contributed by atoms with Gasteiger partial charge in [-0.2, -0.15) is 0 Å². The fourth-order valence-electron chi connectivity index (χ4n) is 3.17. The van der Waals surface area contributed by atoms with Gasteiger partial charge in [0.1, 0.15) is 0 Å². The van der Waals surface area contributed by atoms with Gasteiger partial charge in [0.05, 0.1) is 6.61 Å². The van der Waals surface area contributed by atoms with Crippen LogP contribution in [0.5, 0.6) is 0 Å². The molecule has 1 aromatic rings. The zero-order chi connectivity index (χ0) is 13.3. The van der Waals surface area contributed by atoms with Crippen molar-refractivity contribution in [3.8, 4) is 0 Å². The minimum absolute atomic E-state index is 0.128. The molecule has 3 unspecified atom stereocenters. The van der Waals surface area contributed by atoms with E-state index in [2.05, 4.69) is 44.7 Å². The van der Waals surface area contributed by atoms with Crippen LogP contribution in [0.25, 0.3) is 0 Å². The zero-order valence-corrected chi connectivity index (χ0v) is 12.0. The molecule has 1 heterocycles. The lowest BCUT2D eigenvalue weighted by Crippen LogP contribution is -2.46. The molecular weight excluding hydrogens is 222 g/mol. The summed E-state index contributed by atoms with van der Waals surface area (Å²) in [7, 11) is 0. The average molecular weight is 247 g/mol. The van der Waals surface area contributed by atoms with Gasteiger partial charge in [0.15, 0.2) is 0 Å². The highest BCUT2D eigenvalue weighted by Gasteiger charge is 2.29. The number of hydrogen-bond donors (Lipinski definition) is 1. The first-order chi connectivity index (χ1) is 8.52. The minimum Gasteiger partial charge on any atom is -0.392 e. The number of aliphatic hydroxyl groups is 1. The summed E-state index contributed by atoms with van der Waals surface area (Å²) in [6.45, 7) is 10.4. The van der Waals surface area contributed by atoms with Crippen LogP contribution in [0.3, 0.4) is 0 Å². The van der Waals surface area contributed by atoms with Gasteiger partial charge in [-0.05, 0) is 49.3 Å². The molecule has 1 aliphatic rings. The van der Waals surface area contributed by atoms with Crippen LogP contribution < -0.4 is 4.90 Å². The van der Waals surface area contributed by atoms with Gasteiger partial charge in [-0.15, -0.1) is 0 Å². The first kappa shape index (κ1) is 13.4. The van der Waals surface area contributed by atoms with Crippen LogP contribution >= 0.6 is 0 Å². The Labute approximate surface area is 111 Å². The lowest BCUT2D eigenvalue weighted by atomic mass is 9.85. The molecule has 0 radical (unpaired) electrons. The fourth-order valence-corrected chi connectivity index (χ4v) is 3.17. The molecule has 0 saturated carbocycles. The molecule has 1 N–H and O–H groups in total. The second-order valence-corrected chi connectivity index (χ2v) is 5.99. The van der Waals surface area contributed by atoms with E-state index in [0.717, 1.165) is 23.9 Å². The van der Waals surface area contributed by atoms with Crippen LogP contribution in [-0.4, -0.2) is 17.7 Å². The van der Waals surface area contributed by atoms with Crippen LogP contribution in [0.1, 0.15) is 38.3 Å². The van der Waals surface area contributed by atoms with Gasteiger partial charge >= 0.3 is 0 Å². The fraction of sp³-hybridized carbons (Fsp3) is 0.625. The third-order valence-corrected chi connectivity index (χ3v) is 4.35. The number of benzene rings is 1. The van der Waals surface area contributed by atoms with Gasteiger partial charge in [0.2, 0.25) is 0 Å². The second-order valence-electron chi connectivity index (χ2n) is 5.99. The van der Waals surface area contributed by atoms with Gasteiger partial charge in [-0.3, -0.25) is 0 Å². The van der Waals surface area contributed by atoms with Crippen molar-refractivity contribution in [2.24, 2.45) is 11.8 Å². The number of hydrogen-bond acceptors (Lipinski definition) is 2. The van der Waals surface area contributed by atoms with Crippen molar-refractivity contribution in [2.75, 3.05) is 11.4 Å². The maximum Gasteiger partial charge on any atom is 0.0681 e. The third-order valence-electron chi connectivity index (χ3n) is 4.35. The highest BCUT2D eigenvalue weighted by atomic mass is 16.3. The summed E-state index contributed by atoms with van der Waals surface area (Å²) in [5, 5.41) is 9.19. The second kappa shape index (κ2) is 5.31. The number of nitrogens with zero attached hydrogens (tertiary/aromatic N) is 1. The van der Waals surface area contributed by atoms with Crippen LogP contribution in [0.15, 0.2) is 18.2 Å². The predicted octanol–water partition coefficient (Wildman–Crippen LogP) is 3.36. The lowest BCUT2D eigenvalue weighted by Gasteiger charge is -2.43. The van der Waals surface area contributed by atoms with Crippen molar-refractivity contribution in [1.82, 2.24) is 0 Å². The normalized spacial score (nSPS) is 28.5. The van der Waals surface area contributed by atoms with E-state index >= 15 is 0 Å². The standard InChI is InChI=1S/C16H25NO/c1-11-7-12(2)14(4)17(9-11)16-6-5-15(10-18)8-13(16)3/h5-6,8,11-12,14,18H,7,9-10H2,1-4H3. The molecule has 100 valence electrons. The number of rotatable bonds is 2. The molecular formula is C16H25NO. The smallest absolute Gasteiger partial charge is 0.0681 e. The van der Waals surface area contributed by atoms with E-state index in [1.165, 1.54) is 17.7 Å². The number of aryl methyl sites for hydroxylation is 1. The summed E-state index contributed by atoms with van der Waals surface area (Å²) in [6, 6.07) is 6.91. The molecule has 1 aliphatic heterocycles. The molecule has 0 bridgehead atoms. The number of aliphatic hydroxyl groups excluding tert-OH is 1. The Kier molecular flexibility index (Phi) is 3.96. The molecule has 2 rings (SSSR count). The number of anilines is 1. The van der Waals surface area contributed by atoms with Crippen molar-refractivity contribution in [3.05, 3.63) is 29.3 Å². The van der Waals surface area contributed by atoms with E-state index in [-0.39, 0.29) is 6.61 Å². The van der Waals surface area contributed by atoms with Crippen LogP contribution in [0, 0.1) is 18.8 Å². The molecule has 2 nitrogen and oxygen atoms in total. The maximum atomic E-state index is 9.19. The van der Waals surface area contributed by atoms with E-state index in [9.17, 15) is 5.11 Å². The summed E-state index contributed by atoms with van der Waals surface area (Å²) >= 11 is 0. The lowest BCUT2D eigenvalue weighted by molar-refractivity contribution is 0.281.